The molecule has 176 valence electrons. The van der Waals surface area contributed by atoms with Crippen molar-refractivity contribution in [1.29, 1.82) is 0 Å². The summed E-state index contributed by atoms with van der Waals surface area (Å²) in [6.07, 6.45) is 13.3. The van der Waals surface area contributed by atoms with Gasteiger partial charge in [-0.1, -0.05) is 69.6 Å². The number of hydrogen-bond acceptors (Lipinski definition) is 6. The lowest BCUT2D eigenvalue weighted by Gasteiger charge is -2.05. The van der Waals surface area contributed by atoms with E-state index in [1.165, 1.54) is 56.3 Å². The zero-order valence-corrected chi connectivity index (χ0v) is 20.5. The highest BCUT2D eigenvalue weighted by atomic mass is 32.1. The van der Waals surface area contributed by atoms with E-state index in [1.807, 2.05) is 30.3 Å². The Labute approximate surface area is 200 Å². The minimum atomic E-state index is -0.163. The normalized spacial score (nSPS) is 11.3. The van der Waals surface area contributed by atoms with Gasteiger partial charge in [0.1, 0.15) is 11.5 Å². The number of carbonyl (C=O) groups is 1. The molecular formula is C27H34N2O3S. The first-order chi connectivity index (χ1) is 16.2. The van der Waals surface area contributed by atoms with Crippen molar-refractivity contribution in [3.63, 3.8) is 0 Å². The molecular weight excluding hydrogens is 432 g/mol. The fourth-order valence-electron chi connectivity index (χ4n) is 3.59. The number of methoxy groups -OCH3 is 1. The third-order valence-corrected chi connectivity index (χ3v) is 6.43. The molecule has 0 atom stereocenters. The van der Waals surface area contributed by atoms with Gasteiger partial charge in [0.25, 0.3) is 0 Å². The average molecular weight is 467 g/mol. The molecule has 0 N–H and O–H groups in total. The summed E-state index contributed by atoms with van der Waals surface area (Å²) in [7, 11) is 1.65. The van der Waals surface area contributed by atoms with Crippen LogP contribution in [0.1, 0.15) is 76.7 Å². The van der Waals surface area contributed by atoms with Crippen LogP contribution >= 0.6 is 11.3 Å². The average Bonchev–Trinajstić information content (AvgIpc) is 3.24. The van der Waals surface area contributed by atoms with E-state index in [0.717, 1.165) is 34.4 Å². The maximum Gasteiger partial charge on any atom is 0.311 e. The summed E-state index contributed by atoms with van der Waals surface area (Å²) in [5, 5.41) is 0.690. The van der Waals surface area contributed by atoms with Crippen LogP contribution in [0.5, 0.6) is 11.5 Å². The Morgan fingerprint density at radius 1 is 0.939 bits per heavy atom. The maximum atomic E-state index is 12.1. The Bertz CT molecular complexity index is 1030. The van der Waals surface area contributed by atoms with Crippen molar-refractivity contribution < 1.29 is 14.3 Å². The first-order valence-corrected chi connectivity index (χ1v) is 12.8. The molecule has 0 amide bonds. The van der Waals surface area contributed by atoms with Gasteiger partial charge in [-0.05, 0) is 54.4 Å². The number of rotatable bonds is 14. The van der Waals surface area contributed by atoms with Crippen molar-refractivity contribution in [3.05, 3.63) is 48.0 Å². The van der Waals surface area contributed by atoms with Gasteiger partial charge >= 0.3 is 5.97 Å². The molecule has 0 aliphatic heterocycles. The number of carbonyl (C=O) groups excluding carboxylic acids is 1. The molecule has 5 nitrogen and oxygen atoms in total. The Balaban J connectivity index is 1.38. The highest BCUT2D eigenvalue weighted by molar-refractivity contribution is 7.22. The monoisotopic (exact) mass is 466 g/mol. The standard InChI is InChI=1S/C27H34N2O3S/c1-3-4-5-6-7-8-9-10-11-12-26(30)32-22-15-13-21(14-16-22)20-28-27-29-24-18-17-23(31-2)19-25(24)33-27/h13-20H,3-12H2,1-2H3/b28-20+. The first kappa shape index (κ1) is 24.9. The molecule has 0 fully saturated rings. The van der Waals surface area contributed by atoms with Crippen LogP contribution in [-0.2, 0) is 4.79 Å². The van der Waals surface area contributed by atoms with Gasteiger partial charge in [-0.3, -0.25) is 4.79 Å². The minimum absolute atomic E-state index is 0.163. The lowest BCUT2D eigenvalue weighted by Crippen LogP contribution is -2.07. The highest BCUT2D eigenvalue weighted by Gasteiger charge is 2.06. The van der Waals surface area contributed by atoms with E-state index in [0.29, 0.717) is 17.3 Å². The second-order valence-electron chi connectivity index (χ2n) is 8.21. The highest BCUT2D eigenvalue weighted by Crippen LogP contribution is 2.30. The van der Waals surface area contributed by atoms with Crippen molar-refractivity contribution in [2.24, 2.45) is 4.99 Å². The summed E-state index contributed by atoms with van der Waals surface area (Å²) in [6, 6.07) is 13.2. The molecule has 0 unspecified atom stereocenters. The van der Waals surface area contributed by atoms with E-state index in [-0.39, 0.29) is 5.97 Å². The third kappa shape index (κ3) is 8.61. The Morgan fingerprint density at radius 2 is 1.61 bits per heavy atom. The lowest BCUT2D eigenvalue weighted by atomic mass is 10.1. The van der Waals surface area contributed by atoms with Crippen molar-refractivity contribution in [2.75, 3.05) is 7.11 Å². The topological polar surface area (TPSA) is 60.8 Å². The molecule has 0 aliphatic rings. The number of unbranched alkanes of at least 4 members (excludes halogenated alkanes) is 8. The maximum absolute atomic E-state index is 12.1. The number of thiazole rings is 1. The Morgan fingerprint density at radius 3 is 2.30 bits per heavy atom. The van der Waals surface area contributed by atoms with Crippen LogP contribution in [0.4, 0.5) is 5.13 Å². The second kappa shape index (κ2) is 13.7. The molecule has 1 aromatic heterocycles. The van der Waals surface area contributed by atoms with Crippen molar-refractivity contribution >= 4 is 38.9 Å². The van der Waals surface area contributed by atoms with Crippen LogP contribution in [0.2, 0.25) is 0 Å². The number of esters is 1. The minimum Gasteiger partial charge on any atom is -0.497 e. The predicted molar refractivity (Wildman–Crippen MR) is 137 cm³/mol. The zero-order chi connectivity index (χ0) is 23.3. The number of hydrogen-bond donors (Lipinski definition) is 0. The van der Waals surface area contributed by atoms with Gasteiger partial charge in [-0.15, -0.1) is 0 Å². The first-order valence-electron chi connectivity index (χ1n) is 12.0. The van der Waals surface area contributed by atoms with Gasteiger partial charge in [0.05, 0.1) is 17.3 Å². The van der Waals surface area contributed by atoms with E-state index in [4.69, 9.17) is 9.47 Å². The number of ether oxygens (including phenoxy) is 2. The fourth-order valence-corrected chi connectivity index (χ4v) is 4.43. The molecule has 0 saturated carbocycles. The summed E-state index contributed by atoms with van der Waals surface area (Å²) in [6.45, 7) is 2.24. The molecule has 0 spiro atoms. The number of aromatic nitrogens is 1. The van der Waals surface area contributed by atoms with Crippen LogP contribution in [-0.4, -0.2) is 24.3 Å². The summed E-state index contributed by atoms with van der Waals surface area (Å²) in [5.41, 5.74) is 1.83. The number of benzene rings is 2. The van der Waals surface area contributed by atoms with E-state index < -0.39 is 0 Å². The number of nitrogens with zero attached hydrogens (tertiary/aromatic N) is 2. The summed E-state index contributed by atoms with van der Waals surface area (Å²) < 4.78 is 11.8. The molecule has 0 bridgehead atoms. The predicted octanol–water partition coefficient (Wildman–Crippen LogP) is 7.88. The van der Waals surface area contributed by atoms with Gasteiger partial charge in [-0.2, -0.15) is 0 Å². The smallest absolute Gasteiger partial charge is 0.311 e. The van der Waals surface area contributed by atoms with Gasteiger partial charge in [0.2, 0.25) is 5.13 Å². The molecule has 0 saturated heterocycles. The molecule has 3 rings (SSSR count). The van der Waals surface area contributed by atoms with Crippen molar-refractivity contribution in [2.45, 2.75) is 71.1 Å². The van der Waals surface area contributed by atoms with Crippen LogP contribution in [0.25, 0.3) is 10.2 Å². The number of aliphatic imine (C=N–C) groups is 1. The van der Waals surface area contributed by atoms with Crippen LogP contribution < -0.4 is 9.47 Å². The van der Waals surface area contributed by atoms with E-state index in [1.54, 1.807) is 25.5 Å². The molecule has 33 heavy (non-hydrogen) atoms. The van der Waals surface area contributed by atoms with Crippen LogP contribution in [0.15, 0.2) is 47.5 Å². The second-order valence-corrected chi connectivity index (χ2v) is 9.22. The van der Waals surface area contributed by atoms with E-state index in [9.17, 15) is 4.79 Å². The Kier molecular flexibility index (Phi) is 10.4. The summed E-state index contributed by atoms with van der Waals surface area (Å²) in [5.74, 6) is 1.22. The van der Waals surface area contributed by atoms with Crippen LogP contribution in [0.3, 0.4) is 0 Å². The molecule has 1 heterocycles. The molecule has 6 heteroatoms. The summed E-state index contributed by atoms with van der Waals surface area (Å²) in [4.78, 5) is 21.1. The molecule has 0 aliphatic carbocycles. The van der Waals surface area contributed by atoms with E-state index in [2.05, 4.69) is 16.9 Å². The fraction of sp³-hybridized carbons (Fsp3) is 0.444. The van der Waals surface area contributed by atoms with E-state index >= 15 is 0 Å². The van der Waals surface area contributed by atoms with Crippen molar-refractivity contribution in [3.8, 4) is 11.5 Å². The summed E-state index contributed by atoms with van der Waals surface area (Å²) >= 11 is 1.52. The van der Waals surface area contributed by atoms with Crippen LogP contribution in [0, 0.1) is 0 Å². The van der Waals surface area contributed by atoms with Gasteiger partial charge in [0.15, 0.2) is 0 Å². The molecule has 0 radical (unpaired) electrons. The van der Waals surface area contributed by atoms with Gasteiger partial charge < -0.3 is 9.47 Å². The zero-order valence-electron chi connectivity index (χ0n) is 19.7. The molecule has 2 aromatic carbocycles. The van der Waals surface area contributed by atoms with Gasteiger partial charge in [0, 0.05) is 12.6 Å². The SMILES string of the molecule is CCCCCCCCCCCC(=O)Oc1ccc(/C=N/c2nc3ccc(OC)cc3s2)cc1. The van der Waals surface area contributed by atoms with Crippen molar-refractivity contribution in [1.82, 2.24) is 4.98 Å². The Hall–Kier alpha value is -2.73. The van der Waals surface area contributed by atoms with Gasteiger partial charge in [-0.25, -0.2) is 9.98 Å². The third-order valence-electron chi connectivity index (χ3n) is 5.50. The lowest BCUT2D eigenvalue weighted by molar-refractivity contribution is -0.134. The quantitative estimate of drug-likeness (QED) is 0.105. The molecule has 3 aromatic rings. The number of fused-ring (bicyclic) bond motifs is 1. The largest absolute Gasteiger partial charge is 0.497 e.